The highest BCUT2D eigenvalue weighted by Crippen LogP contribution is 2.38. The Kier molecular flexibility index (Phi) is 9.74. The van der Waals surface area contributed by atoms with Crippen LogP contribution in [0.2, 0.25) is 10.0 Å². The number of nitrogens with zero attached hydrogens (tertiary/aromatic N) is 1. The molecule has 186 valence electrons. The number of thioether (sulfide) groups is 1. The van der Waals surface area contributed by atoms with Crippen LogP contribution in [0.3, 0.4) is 0 Å². The van der Waals surface area contributed by atoms with Gasteiger partial charge in [-0.1, -0.05) is 29.3 Å². The molecule has 35 heavy (non-hydrogen) atoms. The Balaban J connectivity index is 1.86. The molecule has 2 aromatic rings. The largest absolute Gasteiger partial charge is 0.490 e. The van der Waals surface area contributed by atoms with Crippen molar-refractivity contribution in [2.75, 3.05) is 13.2 Å². The van der Waals surface area contributed by atoms with Crippen LogP contribution in [-0.4, -0.2) is 41.3 Å². The number of amides is 2. The standard InChI is InChI=1S/C24H22Cl2INO6S/c1-4-32-19-9-14(8-18(27)21(19)34-12-15-6-7-16(25)11-17(15)26)10-20-22(29)28(24(31)35-20)13(3)23(30)33-5-2/h6-11,13H,4-5,12H2,1-3H3/b20-10+/t13-/m0/s1. The van der Waals surface area contributed by atoms with Gasteiger partial charge in [0, 0.05) is 15.6 Å². The predicted molar refractivity (Wildman–Crippen MR) is 145 cm³/mol. The average molecular weight is 650 g/mol. The Morgan fingerprint density at radius 2 is 1.89 bits per heavy atom. The number of carbonyl (C=O) groups excluding carboxylic acids is 3. The molecule has 0 spiro atoms. The Bertz CT molecular complexity index is 1190. The van der Waals surface area contributed by atoms with E-state index in [1.54, 1.807) is 37.3 Å². The van der Waals surface area contributed by atoms with E-state index >= 15 is 0 Å². The highest BCUT2D eigenvalue weighted by atomic mass is 127. The van der Waals surface area contributed by atoms with Gasteiger partial charge < -0.3 is 14.2 Å². The first-order valence-corrected chi connectivity index (χ1v) is 13.3. The van der Waals surface area contributed by atoms with Gasteiger partial charge in [0.25, 0.3) is 11.1 Å². The number of rotatable bonds is 9. The summed E-state index contributed by atoms with van der Waals surface area (Å²) in [6, 6.07) is 7.70. The number of halogens is 3. The van der Waals surface area contributed by atoms with Gasteiger partial charge in [-0.2, -0.15) is 0 Å². The number of ether oxygens (including phenoxy) is 3. The minimum absolute atomic E-state index is 0.159. The van der Waals surface area contributed by atoms with Crippen LogP contribution in [-0.2, 0) is 20.9 Å². The smallest absolute Gasteiger partial charge is 0.329 e. The maximum absolute atomic E-state index is 12.9. The van der Waals surface area contributed by atoms with E-state index in [0.717, 1.165) is 25.8 Å². The second-order valence-corrected chi connectivity index (χ2v) is 10.3. The minimum Gasteiger partial charge on any atom is -0.490 e. The lowest BCUT2D eigenvalue weighted by molar-refractivity contribution is -0.150. The fourth-order valence-corrected chi connectivity index (χ4v) is 5.35. The van der Waals surface area contributed by atoms with Crippen LogP contribution in [0.1, 0.15) is 31.9 Å². The monoisotopic (exact) mass is 649 g/mol. The van der Waals surface area contributed by atoms with Crippen molar-refractivity contribution in [1.82, 2.24) is 4.90 Å². The Hall–Kier alpha value is -1.95. The topological polar surface area (TPSA) is 82.1 Å². The summed E-state index contributed by atoms with van der Waals surface area (Å²) in [5.41, 5.74) is 1.41. The first kappa shape index (κ1) is 27.6. The van der Waals surface area contributed by atoms with Crippen molar-refractivity contribution in [1.29, 1.82) is 0 Å². The second kappa shape index (κ2) is 12.3. The van der Waals surface area contributed by atoms with Gasteiger partial charge >= 0.3 is 5.97 Å². The van der Waals surface area contributed by atoms with E-state index in [1.807, 2.05) is 13.0 Å². The molecule has 1 aliphatic rings. The lowest BCUT2D eigenvalue weighted by Crippen LogP contribution is -2.42. The molecular weight excluding hydrogens is 628 g/mol. The Labute approximate surface area is 231 Å². The molecule has 7 nitrogen and oxygen atoms in total. The lowest BCUT2D eigenvalue weighted by Gasteiger charge is -2.19. The normalized spacial score (nSPS) is 15.5. The first-order chi connectivity index (χ1) is 16.7. The Morgan fingerprint density at radius 3 is 2.54 bits per heavy atom. The fraction of sp³-hybridized carbons (Fsp3) is 0.292. The van der Waals surface area contributed by atoms with Crippen LogP contribution in [0.25, 0.3) is 6.08 Å². The van der Waals surface area contributed by atoms with Crippen LogP contribution in [0.15, 0.2) is 35.2 Å². The zero-order chi connectivity index (χ0) is 25.7. The molecule has 2 aromatic carbocycles. The van der Waals surface area contributed by atoms with Gasteiger partial charge in [0.2, 0.25) is 0 Å². The van der Waals surface area contributed by atoms with Gasteiger partial charge in [-0.05, 0) is 91.0 Å². The maximum atomic E-state index is 12.9. The number of esters is 1. The van der Waals surface area contributed by atoms with Crippen molar-refractivity contribution in [3.8, 4) is 11.5 Å². The zero-order valence-electron chi connectivity index (χ0n) is 19.1. The third-order valence-electron chi connectivity index (χ3n) is 4.86. The molecule has 2 amide bonds. The summed E-state index contributed by atoms with van der Waals surface area (Å²) in [4.78, 5) is 38.5. The first-order valence-electron chi connectivity index (χ1n) is 10.6. The van der Waals surface area contributed by atoms with E-state index in [-0.39, 0.29) is 18.1 Å². The SMILES string of the molecule is CCOC(=O)[C@H](C)N1C(=O)S/C(=C/c2cc(I)c(OCc3ccc(Cl)cc3Cl)c(OCC)c2)C1=O. The lowest BCUT2D eigenvalue weighted by atomic mass is 10.1. The molecule has 0 unspecified atom stereocenters. The van der Waals surface area contributed by atoms with E-state index < -0.39 is 23.2 Å². The van der Waals surface area contributed by atoms with Gasteiger partial charge in [-0.15, -0.1) is 0 Å². The highest BCUT2D eigenvalue weighted by molar-refractivity contribution is 14.1. The molecule has 1 atom stereocenters. The molecule has 0 bridgehead atoms. The minimum atomic E-state index is -1.01. The van der Waals surface area contributed by atoms with E-state index in [2.05, 4.69) is 22.6 Å². The van der Waals surface area contributed by atoms with Crippen LogP contribution in [0.5, 0.6) is 11.5 Å². The van der Waals surface area contributed by atoms with Crippen molar-refractivity contribution in [2.24, 2.45) is 0 Å². The van der Waals surface area contributed by atoms with Gasteiger partial charge in [-0.25, -0.2) is 4.79 Å². The molecule has 11 heteroatoms. The summed E-state index contributed by atoms with van der Waals surface area (Å²) in [6.07, 6.45) is 1.59. The van der Waals surface area contributed by atoms with Crippen molar-refractivity contribution in [3.63, 3.8) is 0 Å². The Morgan fingerprint density at radius 1 is 1.14 bits per heavy atom. The summed E-state index contributed by atoms with van der Waals surface area (Å²) >= 11 is 15.1. The molecule has 0 N–H and O–H groups in total. The number of hydrogen-bond acceptors (Lipinski definition) is 7. The van der Waals surface area contributed by atoms with Crippen molar-refractivity contribution in [2.45, 2.75) is 33.4 Å². The summed E-state index contributed by atoms with van der Waals surface area (Å²) in [5, 5.41) is 0.505. The third kappa shape index (κ3) is 6.63. The molecule has 1 saturated heterocycles. The van der Waals surface area contributed by atoms with Gasteiger partial charge in [0.1, 0.15) is 12.6 Å². The molecule has 0 saturated carbocycles. The zero-order valence-corrected chi connectivity index (χ0v) is 23.6. The summed E-state index contributed by atoms with van der Waals surface area (Å²) in [7, 11) is 0. The van der Waals surface area contributed by atoms with Gasteiger partial charge in [-0.3, -0.25) is 14.5 Å². The molecule has 0 aromatic heterocycles. The number of imide groups is 1. The molecule has 0 radical (unpaired) electrons. The van der Waals surface area contributed by atoms with Crippen molar-refractivity contribution in [3.05, 3.63) is 60.0 Å². The maximum Gasteiger partial charge on any atom is 0.329 e. The summed E-state index contributed by atoms with van der Waals surface area (Å²) in [6.45, 7) is 5.73. The van der Waals surface area contributed by atoms with Crippen LogP contribution >= 0.6 is 57.6 Å². The molecule has 1 fully saturated rings. The van der Waals surface area contributed by atoms with Crippen LogP contribution < -0.4 is 9.47 Å². The number of hydrogen-bond donors (Lipinski definition) is 0. The highest BCUT2D eigenvalue weighted by Gasteiger charge is 2.41. The third-order valence-corrected chi connectivity index (χ3v) is 7.13. The number of carbonyl (C=O) groups is 3. The predicted octanol–water partition coefficient (Wildman–Crippen LogP) is 6.56. The molecule has 3 rings (SSSR count). The van der Waals surface area contributed by atoms with Crippen molar-refractivity contribution < 1.29 is 28.6 Å². The van der Waals surface area contributed by atoms with E-state index in [1.165, 1.54) is 6.92 Å². The molecule has 1 aliphatic heterocycles. The molecule has 0 aliphatic carbocycles. The van der Waals surface area contributed by atoms with Gasteiger partial charge in [0.15, 0.2) is 11.5 Å². The van der Waals surface area contributed by atoms with E-state index in [0.29, 0.717) is 33.7 Å². The van der Waals surface area contributed by atoms with E-state index in [9.17, 15) is 14.4 Å². The number of benzene rings is 2. The van der Waals surface area contributed by atoms with Gasteiger partial charge in [0.05, 0.1) is 21.7 Å². The van der Waals surface area contributed by atoms with Crippen LogP contribution in [0.4, 0.5) is 4.79 Å². The van der Waals surface area contributed by atoms with Crippen molar-refractivity contribution >= 4 is 80.7 Å². The summed E-state index contributed by atoms with van der Waals surface area (Å²) < 4.78 is 17.5. The molecule has 1 heterocycles. The quantitative estimate of drug-likeness (QED) is 0.173. The average Bonchev–Trinajstić information content (AvgIpc) is 3.06. The van der Waals surface area contributed by atoms with E-state index in [4.69, 9.17) is 37.4 Å². The summed E-state index contributed by atoms with van der Waals surface area (Å²) in [5.74, 6) is -0.174. The second-order valence-electron chi connectivity index (χ2n) is 7.27. The van der Waals surface area contributed by atoms with Crippen LogP contribution in [0, 0.1) is 3.57 Å². The fourth-order valence-electron chi connectivity index (χ4n) is 3.20. The molecular formula is C24H22Cl2INO6S.